The van der Waals surface area contributed by atoms with Crippen molar-refractivity contribution in [1.29, 1.82) is 0 Å². The van der Waals surface area contributed by atoms with E-state index in [-0.39, 0.29) is 23.0 Å². The summed E-state index contributed by atoms with van der Waals surface area (Å²) in [6.07, 6.45) is 1.60. The Morgan fingerprint density at radius 1 is 1.42 bits per heavy atom. The Balaban J connectivity index is 2.79. The molecule has 0 saturated heterocycles. The number of rotatable bonds is 2. The quantitative estimate of drug-likeness (QED) is 0.693. The molecule has 3 unspecified atom stereocenters. The molecule has 0 heterocycles. The maximum Gasteiger partial charge on any atom is 0.153 e. The van der Waals surface area contributed by atoms with E-state index < -0.39 is 9.84 Å². The fraction of sp³-hybridized carbons (Fsp3) is 1.00. The molecule has 0 amide bonds. The number of sulfone groups is 1. The van der Waals surface area contributed by atoms with Crippen LogP contribution >= 0.6 is 0 Å². The zero-order chi connectivity index (χ0) is 9.35. The Kier molecular flexibility index (Phi) is 2.78. The Labute approximate surface area is 74.3 Å². The van der Waals surface area contributed by atoms with Gasteiger partial charge in [0.05, 0.1) is 5.25 Å². The van der Waals surface area contributed by atoms with Crippen LogP contribution in [0.25, 0.3) is 0 Å². The fourth-order valence-electron chi connectivity index (χ4n) is 1.88. The summed E-state index contributed by atoms with van der Waals surface area (Å²) in [6, 6.07) is 0.0799. The van der Waals surface area contributed by atoms with Crippen molar-refractivity contribution in [3.05, 3.63) is 0 Å². The molecule has 1 fully saturated rings. The summed E-state index contributed by atoms with van der Waals surface area (Å²) in [5, 5.41) is -0.183. The van der Waals surface area contributed by atoms with Crippen LogP contribution in [0, 0.1) is 5.92 Å². The van der Waals surface area contributed by atoms with E-state index in [0.717, 1.165) is 12.8 Å². The van der Waals surface area contributed by atoms with Gasteiger partial charge in [0.25, 0.3) is 0 Å². The molecule has 4 heteroatoms. The third kappa shape index (κ3) is 1.64. The molecule has 0 aromatic heterocycles. The minimum Gasteiger partial charge on any atom is -0.327 e. The molecule has 0 aromatic carbocycles. The average Bonchev–Trinajstić information content (AvgIpc) is 2.33. The van der Waals surface area contributed by atoms with E-state index in [1.54, 1.807) is 6.92 Å². The lowest BCUT2D eigenvalue weighted by Gasteiger charge is -2.17. The van der Waals surface area contributed by atoms with Crippen LogP contribution in [-0.4, -0.2) is 25.5 Å². The maximum absolute atomic E-state index is 11.5. The van der Waals surface area contributed by atoms with Gasteiger partial charge in [0.1, 0.15) is 0 Å². The highest BCUT2D eigenvalue weighted by atomic mass is 32.2. The van der Waals surface area contributed by atoms with Gasteiger partial charge < -0.3 is 5.73 Å². The first-order valence-corrected chi connectivity index (χ1v) is 6.17. The monoisotopic (exact) mass is 191 g/mol. The van der Waals surface area contributed by atoms with Crippen molar-refractivity contribution in [3.63, 3.8) is 0 Å². The lowest BCUT2D eigenvalue weighted by molar-refractivity contribution is 0.507. The molecule has 0 bridgehead atoms. The summed E-state index contributed by atoms with van der Waals surface area (Å²) in [5.74, 6) is 0.379. The van der Waals surface area contributed by atoms with Crippen molar-refractivity contribution < 1.29 is 8.42 Å². The number of hydrogen-bond donors (Lipinski definition) is 1. The van der Waals surface area contributed by atoms with Crippen LogP contribution < -0.4 is 5.73 Å². The van der Waals surface area contributed by atoms with Crippen molar-refractivity contribution in [2.45, 2.75) is 38.0 Å². The highest BCUT2D eigenvalue weighted by Gasteiger charge is 2.37. The molecule has 1 aliphatic rings. The predicted molar refractivity (Wildman–Crippen MR) is 49.6 cm³/mol. The van der Waals surface area contributed by atoms with Crippen LogP contribution in [0.1, 0.15) is 26.7 Å². The first-order valence-electron chi connectivity index (χ1n) is 4.46. The molecule has 0 spiro atoms. The fourth-order valence-corrected chi connectivity index (χ4v) is 3.66. The largest absolute Gasteiger partial charge is 0.327 e. The van der Waals surface area contributed by atoms with Gasteiger partial charge in [-0.3, -0.25) is 0 Å². The van der Waals surface area contributed by atoms with Crippen LogP contribution in [-0.2, 0) is 9.84 Å². The van der Waals surface area contributed by atoms with E-state index in [1.807, 2.05) is 6.92 Å². The average molecular weight is 191 g/mol. The van der Waals surface area contributed by atoms with Gasteiger partial charge in [-0.05, 0) is 18.8 Å². The van der Waals surface area contributed by atoms with E-state index in [1.165, 1.54) is 0 Å². The second-order valence-electron chi connectivity index (χ2n) is 3.59. The standard InChI is InChI=1S/C8H17NO2S/c1-3-12(10,11)8-5-4-7(9)6(8)2/h6-8H,3-5,9H2,1-2H3. The Morgan fingerprint density at radius 2 is 2.00 bits per heavy atom. The molecule has 1 aliphatic carbocycles. The number of nitrogens with two attached hydrogens (primary N) is 1. The van der Waals surface area contributed by atoms with Crippen molar-refractivity contribution in [1.82, 2.24) is 0 Å². The molecule has 2 N–H and O–H groups in total. The lowest BCUT2D eigenvalue weighted by atomic mass is 10.1. The van der Waals surface area contributed by atoms with Gasteiger partial charge in [0.15, 0.2) is 9.84 Å². The first-order chi connectivity index (χ1) is 5.49. The van der Waals surface area contributed by atoms with E-state index >= 15 is 0 Å². The molecule has 1 saturated carbocycles. The van der Waals surface area contributed by atoms with E-state index in [2.05, 4.69) is 0 Å². The second kappa shape index (κ2) is 3.34. The Morgan fingerprint density at radius 3 is 2.33 bits per heavy atom. The summed E-state index contributed by atoms with van der Waals surface area (Å²) < 4.78 is 23.0. The summed E-state index contributed by atoms with van der Waals surface area (Å²) in [6.45, 7) is 3.64. The van der Waals surface area contributed by atoms with Crippen LogP contribution in [0.15, 0.2) is 0 Å². The summed E-state index contributed by atoms with van der Waals surface area (Å²) >= 11 is 0. The van der Waals surface area contributed by atoms with Gasteiger partial charge >= 0.3 is 0 Å². The lowest BCUT2D eigenvalue weighted by Crippen LogP contribution is -2.32. The molecule has 0 aromatic rings. The maximum atomic E-state index is 11.5. The van der Waals surface area contributed by atoms with Crippen LogP contribution in [0.2, 0.25) is 0 Å². The molecule has 72 valence electrons. The van der Waals surface area contributed by atoms with E-state index in [4.69, 9.17) is 5.73 Å². The van der Waals surface area contributed by atoms with Crippen molar-refractivity contribution >= 4 is 9.84 Å². The third-order valence-electron chi connectivity index (χ3n) is 2.91. The van der Waals surface area contributed by atoms with Crippen molar-refractivity contribution in [3.8, 4) is 0 Å². The Hall–Kier alpha value is -0.0900. The molecule has 0 radical (unpaired) electrons. The smallest absolute Gasteiger partial charge is 0.153 e. The molecular formula is C8H17NO2S. The van der Waals surface area contributed by atoms with Crippen molar-refractivity contribution in [2.24, 2.45) is 11.7 Å². The summed E-state index contributed by atoms with van der Waals surface area (Å²) in [4.78, 5) is 0. The minimum absolute atomic E-state index is 0.0799. The van der Waals surface area contributed by atoms with Gasteiger partial charge in [-0.15, -0.1) is 0 Å². The molecule has 3 atom stereocenters. The van der Waals surface area contributed by atoms with Gasteiger partial charge in [-0.2, -0.15) is 0 Å². The topological polar surface area (TPSA) is 60.2 Å². The zero-order valence-corrected chi connectivity index (χ0v) is 8.47. The highest BCUT2D eigenvalue weighted by Crippen LogP contribution is 2.30. The van der Waals surface area contributed by atoms with Gasteiger partial charge in [0, 0.05) is 11.8 Å². The van der Waals surface area contributed by atoms with Crippen LogP contribution in [0.3, 0.4) is 0 Å². The number of hydrogen-bond acceptors (Lipinski definition) is 3. The summed E-state index contributed by atoms with van der Waals surface area (Å²) in [5.41, 5.74) is 5.76. The molecule has 1 rings (SSSR count). The van der Waals surface area contributed by atoms with Gasteiger partial charge in [0.2, 0.25) is 0 Å². The zero-order valence-electron chi connectivity index (χ0n) is 7.66. The van der Waals surface area contributed by atoms with Crippen LogP contribution in [0.5, 0.6) is 0 Å². The molecule has 0 aliphatic heterocycles. The molecule has 12 heavy (non-hydrogen) atoms. The summed E-state index contributed by atoms with van der Waals surface area (Å²) in [7, 11) is -2.86. The SMILES string of the molecule is CCS(=O)(=O)C1CCC(N)C1C. The van der Waals surface area contributed by atoms with E-state index in [9.17, 15) is 8.42 Å². The normalized spacial score (nSPS) is 37.1. The third-order valence-corrected chi connectivity index (χ3v) is 5.30. The second-order valence-corrected chi connectivity index (χ2v) is 6.10. The highest BCUT2D eigenvalue weighted by molar-refractivity contribution is 7.92. The minimum atomic E-state index is -2.86. The first kappa shape index (κ1) is 9.99. The molecular weight excluding hydrogens is 174 g/mol. The van der Waals surface area contributed by atoms with Crippen LogP contribution in [0.4, 0.5) is 0 Å². The Bertz CT molecular complexity index is 248. The molecule has 3 nitrogen and oxygen atoms in total. The predicted octanol–water partition coefficient (Wildman–Crippen LogP) is 0.547. The van der Waals surface area contributed by atoms with Gasteiger partial charge in [-0.25, -0.2) is 8.42 Å². The van der Waals surface area contributed by atoms with Gasteiger partial charge in [-0.1, -0.05) is 13.8 Å². The van der Waals surface area contributed by atoms with E-state index in [0.29, 0.717) is 0 Å². The van der Waals surface area contributed by atoms with Crippen molar-refractivity contribution in [2.75, 3.05) is 5.75 Å².